The van der Waals surface area contributed by atoms with Crippen LogP contribution < -0.4 is 0 Å². The van der Waals surface area contributed by atoms with Crippen molar-refractivity contribution >= 4 is 5.97 Å². The first-order valence-electron chi connectivity index (χ1n) is 6.26. The lowest BCUT2D eigenvalue weighted by Crippen LogP contribution is -2.35. The van der Waals surface area contributed by atoms with E-state index in [-0.39, 0.29) is 0 Å². The molecule has 0 amide bonds. The number of hydrogen-bond donors (Lipinski definition) is 1. The molecule has 0 spiro atoms. The molecule has 0 aliphatic carbocycles. The molecule has 0 aromatic carbocycles. The van der Waals surface area contributed by atoms with Crippen molar-refractivity contribution in [3.05, 3.63) is 11.6 Å². The van der Waals surface area contributed by atoms with Crippen LogP contribution in [0.3, 0.4) is 0 Å². The lowest BCUT2D eigenvalue weighted by atomic mass is 9.97. The Bertz CT molecular complexity index is 281. The zero-order valence-electron chi connectivity index (χ0n) is 11.1. The van der Waals surface area contributed by atoms with Crippen molar-refractivity contribution < 1.29 is 9.90 Å². The number of nitrogens with zero attached hydrogens (tertiary/aromatic N) is 2. The summed E-state index contributed by atoms with van der Waals surface area (Å²) >= 11 is 0. The molecule has 4 heteroatoms. The minimum absolute atomic E-state index is 0.431. The number of carboxylic acid groups (broad SMARTS) is 1. The highest BCUT2D eigenvalue weighted by Crippen LogP contribution is 2.16. The van der Waals surface area contributed by atoms with E-state index in [2.05, 4.69) is 23.9 Å². The van der Waals surface area contributed by atoms with E-state index in [9.17, 15) is 4.79 Å². The Morgan fingerprint density at radius 1 is 1.47 bits per heavy atom. The van der Waals surface area contributed by atoms with Crippen LogP contribution in [0.4, 0.5) is 0 Å². The summed E-state index contributed by atoms with van der Waals surface area (Å²) in [6.07, 6.45) is 4.29. The Morgan fingerprint density at radius 2 is 2.06 bits per heavy atom. The van der Waals surface area contributed by atoms with Crippen molar-refractivity contribution in [3.8, 4) is 0 Å². The highest BCUT2D eigenvalue weighted by atomic mass is 16.4. The summed E-state index contributed by atoms with van der Waals surface area (Å²) in [7, 11) is 4.23. The van der Waals surface area contributed by atoms with Crippen LogP contribution in [0, 0.1) is 5.92 Å². The van der Waals surface area contributed by atoms with Crippen LogP contribution in [0.25, 0.3) is 0 Å². The van der Waals surface area contributed by atoms with Gasteiger partial charge in [-0.05, 0) is 52.9 Å². The van der Waals surface area contributed by atoms with Gasteiger partial charge in [-0.3, -0.25) is 0 Å². The van der Waals surface area contributed by atoms with Crippen LogP contribution in [0.1, 0.15) is 19.8 Å². The third-order valence-corrected chi connectivity index (χ3v) is 3.45. The molecule has 1 aliphatic rings. The maximum absolute atomic E-state index is 10.6. The first kappa shape index (κ1) is 14.2. The number of likely N-dealkylation sites (N-methyl/N-ethyl adjacent to an activating group) is 1. The molecule has 0 radical (unpaired) electrons. The minimum atomic E-state index is -0.822. The van der Waals surface area contributed by atoms with E-state index in [4.69, 9.17) is 5.11 Å². The fraction of sp³-hybridized carbons (Fsp3) is 0.769. The largest absolute Gasteiger partial charge is 0.478 e. The zero-order valence-corrected chi connectivity index (χ0v) is 11.1. The monoisotopic (exact) mass is 240 g/mol. The number of carbonyl (C=O) groups is 1. The maximum Gasteiger partial charge on any atom is 0.330 e. The summed E-state index contributed by atoms with van der Waals surface area (Å²) in [5.41, 5.74) is 0.431. The molecule has 1 heterocycles. The third-order valence-electron chi connectivity index (χ3n) is 3.45. The Hall–Kier alpha value is -0.870. The Morgan fingerprint density at radius 3 is 2.59 bits per heavy atom. The van der Waals surface area contributed by atoms with Gasteiger partial charge in [-0.2, -0.15) is 0 Å². The molecule has 0 aromatic heterocycles. The Kier molecular flexibility index (Phi) is 5.65. The fourth-order valence-electron chi connectivity index (χ4n) is 2.14. The summed E-state index contributed by atoms with van der Waals surface area (Å²) < 4.78 is 0. The van der Waals surface area contributed by atoms with Gasteiger partial charge in [-0.15, -0.1) is 0 Å². The molecular formula is C13H24N2O2. The number of rotatable bonds is 5. The number of carboxylic acids is 1. The van der Waals surface area contributed by atoms with Crippen molar-refractivity contribution in [1.82, 2.24) is 9.80 Å². The van der Waals surface area contributed by atoms with Gasteiger partial charge in [0.2, 0.25) is 0 Å². The normalized spacial score (nSPS) is 19.9. The summed E-state index contributed by atoms with van der Waals surface area (Å²) in [6.45, 7) is 5.80. The Labute approximate surface area is 104 Å². The van der Waals surface area contributed by atoms with Crippen LogP contribution in [-0.2, 0) is 4.79 Å². The summed E-state index contributed by atoms with van der Waals surface area (Å²) in [5, 5.41) is 8.75. The van der Waals surface area contributed by atoms with Gasteiger partial charge in [0.1, 0.15) is 0 Å². The van der Waals surface area contributed by atoms with Crippen molar-refractivity contribution in [1.29, 1.82) is 0 Å². The molecule has 1 aliphatic heterocycles. The summed E-state index contributed by atoms with van der Waals surface area (Å²) in [4.78, 5) is 15.2. The molecule has 98 valence electrons. The molecule has 1 fully saturated rings. The van der Waals surface area contributed by atoms with Crippen LogP contribution in [0.5, 0.6) is 0 Å². The second-order valence-electron chi connectivity index (χ2n) is 5.16. The van der Waals surface area contributed by atoms with E-state index < -0.39 is 5.97 Å². The fourth-order valence-corrected chi connectivity index (χ4v) is 2.14. The van der Waals surface area contributed by atoms with Crippen LogP contribution in [-0.4, -0.2) is 61.2 Å². The van der Waals surface area contributed by atoms with Gasteiger partial charge in [-0.25, -0.2) is 4.79 Å². The van der Waals surface area contributed by atoms with Gasteiger partial charge in [0.15, 0.2) is 0 Å². The van der Waals surface area contributed by atoms with Gasteiger partial charge in [0.25, 0.3) is 0 Å². The number of aliphatic carboxylic acids is 1. The van der Waals surface area contributed by atoms with E-state index in [1.807, 2.05) is 0 Å². The molecule has 17 heavy (non-hydrogen) atoms. The predicted octanol–water partition coefficient (Wildman–Crippen LogP) is 1.29. The minimum Gasteiger partial charge on any atom is -0.478 e. The molecule has 1 saturated heterocycles. The average molecular weight is 240 g/mol. The van der Waals surface area contributed by atoms with Crippen LogP contribution >= 0.6 is 0 Å². The van der Waals surface area contributed by atoms with Gasteiger partial charge >= 0.3 is 5.97 Å². The number of hydrogen-bond acceptors (Lipinski definition) is 3. The Balaban J connectivity index is 2.27. The highest BCUT2D eigenvalue weighted by Gasteiger charge is 2.17. The maximum atomic E-state index is 10.6. The van der Waals surface area contributed by atoms with E-state index >= 15 is 0 Å². The summed E-state index contributed by atoms with van der Waals surface area (Å²) in [6, 6.07) is 0. The van der Waals surface area contributed by atoms with Gasteiger partial charge in [0.05, 0.1) is 0 Å². The first-order valence-corrected chi connectivity index (χ1v) is 6.26. The molecule has 1 rings (SSSR count). The van der Waals surface area contributed by atoms with Crippen molar-refractivity contribution in [2.45, 2.75) is 19.8 Å². The van der Waals surface area contributed by atoms with Gasteiger partial charge in [-0.1, -0.05) is 6.08 Å². The lowest BCUT2D eigenvalue weighted by molar-refractivity contribution is -0.132. The molecule has 0 unspecified atom stereocenters. The smallest absolute Gasteiger partial charge is 0.330 e. The molecule has 0 atom stereocenters. The molecule has 0 aromatic rings. The van der Waals surface area contributed by atoms with E-state index in [1.54, 1.807) is 13.0 Å². The SMILES string of the molecule is CC(=CCN(C)CC1CCN(C)CC1)C(=O)O. The van der Waals surface area contributed by atoms with Crippen LogP contribution in [0.2, 0.25) is 0 Å². The highest BCUT2D eigenvalue weighted by molar-refractivity contribution is 5.85. The average Bonchev–Trinajstić information content (AvgIpc) is 2.29. The van der Waals surface area contributed by atoms with Gasteiger partial charge in [0, 0.05) is 18.7 Å². The standard InChI is InChI=1S/C13H24N2O2/c1-11(13(16)17)4-7-15(3)10-12-5-8-14(2)9-6-12/h4,12H,5-10H2,1-3H3,(H,16,17). The molecule has 1 N–H and O–H groups in total. The lowest BCUT2D eigenvalue weighted by Gasteiger charge is -2.31. The van der Waals surface area contributed by atoms with Crippen LogP contribution in [0.15, 0.2) is 11.6 Å². The molecular weight excluding hydrogens is 216 g/mol. The predicted molar refractivity (Wildman–Crippen MR) is 69.1 cm³/mol. The quantitative estimate of drug-likeness (QED) is 0.735. The number of likely N-dealkylation sites (tertiary alicyclic amines) is 1. The van der Waals surface area contributed by atoms with Gasteiger partial charge < -0.3 is 14.9 Å². The zero-order chi connectivity index (χ0) is 12.8. The first-order chi connectivity index (χ1) is 7.99. The molecule has 0 saturated carbocycles. The van der Waals surface area contributed by atoms with Crippen molar-refractivity contribution in [2.75, 3.05) is 40.3 Å². The molecule has 4 nitrogen and oxygen atoms in total. The summed E-state index contributed by atoms with van der Waals surface area (Å²) in [5.74, 6) is -0.0626. The third kappa shape index (κ3) is 5.33. The second-order valence-corrected chi connectivity index (χ2v) is 5.16. The topological polar surface area (TPSA) is 43.8 Å². The van der Waals surface area contributed by atoms with E-state index in [1.165, 1.54) is 25.9 Å². The van der Waals surface area contributed by atoms with Crippen molar-refractivity contribution in [2.24, 2.45) is 5.92 Å². The van der Waals surface area contributed by atoms with Crippen molar-refractivity contribution in [3.63, 3.8) is 0 Å². The van der Waals surface area contributed by atoms with E-state index in [0.29, 0.717) is 5.57 Å². The number of piperidine rings is 1. The second kappa shape index (κ2) is 6.77. The molecule has 0 bridgehead atoms. The van der Waals surface area contributed by atoms with E-state index in [0.717, 1.165) is 19.0 Å².